The molecular weight excluding hydrogens is 132 g/mol. The van der Waals surface area contributed by atoms with Crippen LogP contribution >= 0.6 is 12.6 Å². The van der Waals surface area contributed by atoms with Crippen molar-refractivity contribution in [2.45, 2.75) is 19.4 Å². The molecule has 0 aliphatic heterocycles. The largest absolute Gasteiger partial charge is 0.327 e. The molecule has 0 rings (SSSR count). The monoisotopic (exact) mass is 148 g/mol. The Morgan fingerprint density at radius 3 is 2.78 bits per heavy atom. The van der Waals surface area contributed by atoms with E-state index in [4.69, 9.17) is 5.73 Å². The van der Waals surface area contributed by atoms with E-state index in [1.807, 2.05) is 6.92 Å². The van der Waals surface area contributed by atoms with E-state index < -0.39 is 0 Å². The normalized spacial score (nSPS) is 13.7. The Morgan fingerprint density at radius 2 is 2.33 bits per heavy atom. The molecular formula is C6H16N2S. The molecule has 0 amide bonds. The first kappa shape index (κ1) is 9.27. The van der Waals surface area contributed by atoms with Gasteiger partial charge in [0.25, 0.3) is 0 Å². The van der Waals surface area contributed by atoms with Crippen LogP contribution in [0.1, 0.15) is 13.3 Å². The lowest BCUT2D eigenvalue weighted by molar-refractivity contribution is 0.605. The quantitative estimate of drug-likeness (QED) is 0.386. The van der Waals surface area contributed by atoms with Gasteiger partial charge in [0.2, 0.25) is 0 Å². The van der Waals surface area contributed by atoms with Crippen molar-refractivity contribution in [3.05, 3.63) is 0 Å². The summed E-state index contributed by atoms with van der Waals surface area (Å²) in [6.07, 6.45) is 1.12. The Balaban J connectivity index is 2.75. The van der Waals surface area contributed by atoms with E-state index in [9.17, 15) is 0 Å². The summed E-state index contributed by atoms with van der Waals surface area (Å²) in [6, 6.07) is 0.268. The lowest BCUT2D eigenvalue weighted by Crippen LogP contribution is -2.31. The van der Waals surface area contributed by atoms with E-state index in [1.54, 1.807) is 0 Å². The minimum absolute atomic E-state index is 0.268. The van der Waals surface area contributed by atoms with Crippen molar-refractivity contribution in [3.8, 4) is 0 Å². The molecule has 0 saturated heterocycles. The maximum atomic E-state index is 5.49. The third kappa shape index (κ3) is 8.27. The van der Waals surface area contributed by atoms with Gasteiger partial charge in [0.1, 0.15) is 0 Å². The van der Waals surface area contributed by atoms with Crippen LogP contribution in [0.2, 0.25) is 0 Å². The van der Waals surface area contributed by atoms with Gasteiger partial charge >= 0.3 is 0 Å². The van der Waals surface area contributed by atoms with E-state index in [0.717, 1.165) is 25.3 Å². The number of rotatable bonds is 5. The molecule has 0 spiro atoms. The Kier molecular flexibility index (Phi) is 6.58. The van der Waals surface area contributed by atoms with Crippen LogP contribution < -0.4 is 11.1 Å². The van der Waals surface area contributed by atoms with E-state index in [0.29, 0.717) is 0 Å². The predicted octanol–water partition coefficient (Wildman–Crippen LogP) is 0.243. The standard InChI is InChI=1S/C6H16N2S/c1-6(7)5-8-3-2-4-9/h6,8-9H,2-5,7H2,1H3. The first-order valence-electron chi connectivity index (χ1n) is 3.34. The molecule has 0 aromatic heterocycles. The Labute approximate surface area is 62.6 Å². The molecule has 0 aliphatic carbocycles. The highest BCUT2D eigenvalue weighted by Crippen LogP contribution is 1.79. The Morgan fingerprint density at radius 1 is 1.67 bits per heavy atom. The SMILES string of the molecule is CC(N)CNCCCS. The summed E-state index contributed by atoms with van der Waals surface area (Å²) < 4.78 is 0. The molecule has 0 aromatic carbocycles. The minimum Gasteiger partial charge on any atom is -0.327 e. The summed E-state index contributed by atoms with van der Waals surface area (Å²) >= 11 is 4.07. The van der Waals surface area contributed by atoms with Gasteiger partial charge in [-0.05, 0) is 25.6 Å². The van der Waals surface area contributed by atoms with E-state index in [-0.39, 0.29) is 6.04 Å². The van der Waals surface area contributed by atoms with Gasteiger partial charge in [0, 0.05) is 12.6 Å². The molecule has 1 unspecified atom stereocenters. The lowest BCUT2D eigenvalue weighted by Gasteiger charge is -2.05. The number of hydrogen-bond acceptors (Lipinski definition) is 3. The predicted molar refractivity (Wildman–Crippen MR) is 45.0 cm³/mol. The topological polar surface area (TPSA) is 38.0 Å². The second-order valence-electron chi connectivity index (χ2n) is 2.26. The fraction of sp³-hybridized carbons (Fsp3) is 1.00. The summed E-state index contributed by atoms with van der Waals surface area (Å²) in [4.78, 5) is 0. The Bertz CT molecular complexity index is 57.0. The lowest BCUT2D eigenvalue weighted by atomic mass is 10.3. The Hall–Kier alpha value is 0.270. The van der Waals surface area contributed by atoms with Gasteiger partial charge < -0.3 is 11.1 Å². The fourth-order valence-electron chi connectivity index (χ4n) is 0.534. The van der Waals surface area contributed by atoms with Crippen molar-refractivity contribution in [3.63, 3.8) is 0 Å². The third-order valence-electron chi connectivity index (χ3n) is 0.978. The van der Waals surface area contributed by atoms with Crippen LogP contribution in [0.3, 0.4) is 0 Å². The van der Waals surface area contributed by atoms with Crippen LogP contribution in [0, 0.1) is 0 Å². The minimum atomic E-state index is 0.268. The van der Waals surface area contributed by atoms with E-state index >= 15 is 0 Å². The molecule has 0 aromatic rings. The first-order valence-corrected chi connectivity index (χ1v) is 3.97. The molecule has 9 heavy (non-hydrogen) atoms. The molecule has 0 saturated carbocycles. The molecule has 3 heteroatoms. The highest BCUT2D eigenvalue weighted by atomic mass is 32.1. The van der Waals surface area contributed by atoms with Gasteiger partial charge in [-0.15, -0.1) is 0 Å². The zero-order chi connectivity index (χ0) is 7.11. The average Bonchev–Trinajstić information content (AvgIpc) is 1.80. The molecule has 0 fully saturated rings. The summed E-state index contributed by atoms with van der Waals surface area (Å²) in [5, 5.41) is 3.21. The number of hydrogen-bond donors (Lipinski definition) is 3. The number of nitrogens with one attached hydrogen (secondary N) is 1. The first-order chi connectivity index (χ1) is 4.27. The van der Waals surface area contributed by atoms with Gasteiger partial charge in [-0.25, -0.2) is 0 Å². The summed E-state index contributed by atoms with van der Waals surface area (Å²) in [5.74, 6) is 0.950. The van der Waals surface area contributed by atoms with Crippen LogP contribution in [-0.4, -0.2) is 24.9 Å². The zero-order valence-electron chi connectivity index (χ0n) is 5.93. The van der Waals surface area contributed by atoms with Crippen molar-refractivity contribution in [1.29, 1.82) is 0 Å². The summed E-state index contributed by atoms with van der Waals surface area (Å²) in [6.45, 7) is 3.94. The summed E-state index contributed by atoms with van der Waals surface area (Å²) in [7, 11) is 0. The van der Waals surface area contributed by atoms with Crippen molar-refractivity contribution in [2.24, 2.45) is 5.73 Å². The fourth-order valence-corrected chi connectivity index (χ4v) is 0.692. The summed E-state index contributed by atoms with van der Waals surface area (Å²) in [5.41, 5.74) is 5.49. The highest BCUT2D eigenvalue weighted by molar-refractivity contribution is 7.80. The van der Waals surface area contributed by atoms with Crippen molar-refractivity contribution < 1.29 is 0 Å². The zero-order valence-corrected chi connectivity index (χ0v) is 6.82. The van der Waals surface area contributed by atoms with Gasteiger partial charge in [-0.3, -0.25) is 0 Å². The highest BCUT2D eigenvalue weighted by Gasteiger charge is 1.90. The van der Waals surface area contributed by atoms with Crippen molar-refractivity contribution in [2.75, 3.05) is 18.8 Å². The smallest absolute Gasteiger partial charge is 0.0136 e. The van der Waals surface area contributed by atoms with E-state index in [2.05, 4.69) is 17.9 Å². The molecule has 0 aliphatic rings. The van der Waals surface area contributed by atoms with Crippen LogP contribution in [0.15, 0.2) is 0 Å². The van der Waals surface area contributed by atoms with Crippen LogP contribution in [-0.2, 0) is 0 Å². The van der Waals surface area contributed by atoms with E-state index in [1.165, 1.54) is 0 Å². The van der Waals surface area contributed by atoms with Crippen molar-refractivity contribution in [1.82, 2.24) is 5.32 Å². The maximum Gasteiger partial charge on any atom is 0.0136 e. The number of thiol groups is 1. The molecule has 0 bridgehead atoms. The maximum absolute atomic E-state index is 5.49. The molecule has 56 valence electrons. The van der Waals surface area contributed by atoms with Crippen LogP contribution in [0.25, 0.3) is 0 Å². The van der Waals surface area contributed by atoms with Gasteiger partial charge in [0.05, 0.1) is 0 Å². The van der Waals surface area contributed by atoms with Gasteiger partial charge in [0.15, 0.2) is 0 Å². The van der Waals surface area contributed by atoms with Crippen LogP contribution in [0.5, 0.6) is 0 Å². The van der Waals surface area contributed by atoms with Gasteiger partial charge in [-0.2, -0.15) is 12.6 Å². The molecule has 0 radical (unpaired) electrons. The second kappa shape index (κ2) is 6.39. The van der Waals surface area contributed by atoms with Crippen molar-refractivity contribution >= 4 is 12.6 Å². The second-order valence-corrected chi connectivity index (χ2v) is 2.71. The third-order valence-corrected chi connectivity index (χ3v) is 1.29. The molecule has 3 N–H and O–H groups in total. The molecule has 1 atom stereocenters. The molecule has 2 nitrogen and oxygen atoms in total. The number of nitrogens with two attached hydrogens (primary N) is 1. The molecule has 0 heterocycles. The average molecular weight is 148 g/mol. The van der Waals surface area contributed by atoms with Gasteiger partial charge in [-0.1, -0.05) is 0 Å². The van der Waals surface area contributed by atoms with Crippen LogP contribution in [0.4, 0.5) is 0 Å².